The highest BCUT2D eigenvalue weighted by molar-refractivity contribution is 7.92. The van der Waals surface area contributed by atoms with Gasteiger partial charge in [-0.25, -0.2) is 8.42 Å². The monoisotopic (exact) mass is 244 g/mol. The summed E-state index contributed by atoms with van der Waals surface area (Å²) in [6.45, 7) is 4.97. The van der Waals surface area contributed by atoms with E-state index >= 15 is 0 Å². The molecule has 0 atom stereocenters. The SMILES string of the molecule is CC(C)CNc1ccc(NS(C)(=O)=O)nn1. The average Bonchev–Trinajstić information content (AvgIpc) is 2.14. The minimum atomic E-state index is -3.29. The zero-order valence-corrected chi connectivity index (χ0v) is 10.4. The van der Waals surface area contributed by atoms with Crippen LogP contribution >= 0.6 is 0 Å². The Kier molecular flexibility index (Phi) is 4.05. The molecule has 0 bridgehead atoms. The highest BCUT2D eigenvalue weighted by Gasteiger charge is 2.03. The van der Waals surface area contributed by atoms with Crippen molar-refractivity contribution in [1.29, 1.82) is 0 Å². The lowest BCUT2D eigenvalue weighted by molar-refractivity contribution is 0.606. The summed E-state index contributed by atoms with van der Waals surface area (Å²) in [6.07, 6.45) is 1.07. The molecule has 0 fully saturated rings. The lowest BCUT2D eigenvalue weighted by Crippen LogP contribution is -2.13. The quantitative estimate of drug-likeness (QED) is 0.804. The number of nitrogens with one attached hydrogen (secondary N) is 2. The van der Waals surface area contributed by atoms with Crippen molar-refractivity contribution in [2.45, 2.75) is 13.8 Å². The summed E-state index contributed by atoms with van der Waals surface area (Å²) in [4.78, 5) is 0. The standard InChI is InChI=1S/C9H16N4O2S/c1-7(2)6-10-8-4-5-9(12-11-8)13-16(3,14)15/h4-5,7H,6H2,1-3H3,(H,10,11)(H,12,13). The molecule has 1 rings (SSSR count). The van der Waals surface area contributed by atoms with Crippen molar-refractivity contribution >= 4 is 21.7 Å². The molecule has 0 saturated carbocycles. The molecule has 1 aromatic rings. The van der Waals surface area contributed by atoms with Crippen LogP contribution in [-0.2, 0) is 10.0 Å². The predicted molar refractivity (Wildman–Crippen MR) is 63.8 cm³/mol. The first-order chi connectivity index (χ1) is 7.37. The molecule has 2 N–H and O–H groups in total. The summed E-state index contributed by atoms with van der Waals surface area (Å²) in [7, 11) is -3.29. The van der Waals surface area contributed by atoms with Gasteiger partial charge in [-0.1, -0.05) is 13.8 Å². The van der Waals surface area contributed by atoms with Crippen LogP contribution in [0.5, 0.6) is 0 Å². The molecule has 0 aromatic carbocycles. The summed E-state index contributed by atoms with van der Waals surface area (Å²) < 4.78 is 24.1. The van der Waals surface area contributed by atoms with Gasteiger partial charge in [-0.05, 0) is 18.1 Å². The maximum Gasteiger partial charge on any atom is 0.231 e. The summed E-state index contributed by atoms with van der Waals surface area (Å²) in [5.74, 6) is 1.36. The van der Waals surface area contributed by atoms with Crippen molar-refractivity contribution in [3.8, 4) is 0 Å². The molecule has 90 valence electrons. The zero-order valence-electron chi connectivity index (χ0n) is 9.56. The lowest BCUT2D eigenvalue weighted by Gasteiger charge is -2.07. The topological polar surface area (TPSA) is 84.0 Å². The fourth-order valence-electron chi connectivity index (χ4n) is 0.980. The van der Waals surface area contributed by atoms with E-state index in [0.29, 0.717) is 11.7 Å². The smallest absolute Gasteiger partial charge is 0.231 e. The number of hydrogen-bond acceptors (Lipinski definition) is 5. The van der Waals surface area contributed by atoms with Gasteiger partial charge in [0.05, 0.1) is 6.26 Å². The number of nitrogens with zero attached hydrogens (tertiary/aromatic N) is 2. The van der Waals surface area contributed by atoms with Crippen LogP contribution in [-0.4, -0.2) is 31.4 Å². The number of anilines is 2. The molecule has 0 aliphatic heterocycles. The largest absolute Gasteiger partial charge is 0.368 e. The molecule has 16 heavy (non-hydrogen) atoms. The zero-order chi connectivity index (χ0) is 12.2. The highest BCUT2D eigenvalue weighted by Crippen LogP contribution is 2.07. The first-order valence-corrected chi connectivity index (χ1v) is 6.81. The van der Waals surface area contributed by atoms with Crippen molar-refractivity contribution in [3.05, 3.63) is 12.1 Å². The molecule has 1 heterocycles. The molecule has 7 heteroatoms. The Morgan fingerprint density at radius 1 is 1.25 bits per heavy atom. The third-order valence-electron chi connectivity index (χ3n) is 1.65. The summed E-state index contributed by atoms with van der Waals surface area (Å²) in [5.41, 5.74) is 0. The van der Waals surface area contributed by atoms with Crippen molar-refractivity contribution < 1.29 is 8.42 Å². The summed E-state index contributed by atoms with van der Waals surface area (Å²) >= 11 is 0. The highest BCUT2D eigenvalue weighted by atomic mass is 32.2. The van der Waals surface area contributed by atoms with E-state index in [4.69, 9.17) is 0 Å². The van der Waals surface area contributed by atoms with Crippen LogP contribution in [0.25, 0.3) is 0 Å². The molecule has 1 aromatic heterocycles. The van der Waals surface area contributed by atoms with Gasteiger partial charge in [-0.2, -0.15) is 0 Å². The third-order valence-corrected chi connectivity index (χ3v) is 2.23. The molecule has 6 nitrogen and oxygen atoms in total. The van der Waals surface area contributed by atoms with E-state index < -0.39 is 10.0 Å². The van der Waals surface area contributed by atoms with Crippen molar-refractivity contribution in [1.82, 2.24) is 10.2 Å². The van der Waals surface area contributed by atoms with Crippen molar-refractivity contribution in [3.63, 3.8) is 0 Å². The van der Waals surface area contributed by atoms with Gasteiger partial charge in [0.25, 0.3) is 0 Å². The molecule has 0 amide bonds. The van der Waals surface area contributed by atoms with Gasteiger partial charge >= 0.3 is 0 Å². The fourth-order valence-corrected chi connectivity index (χ4v) is 1.47. The van der Waals surface area contributed by atoms with Gasteiger partial charge in [-0.15, -0.1) is 10.2 Å². The Labute approximate surface area is 95.5 Å². The van der Waals surface area contributed by atoms with Crippen LogP contribution in [0.2, 0.25) is 0 Å². The van der Waals surface area contributed by atoms with Gasteiger partial charge < -0.3 is 5.32 Å². The molecular weight excluding hydrogens is 228 g/mol. The second-order valence-electron chi connectivity index (χ2n) is 3.95. The molecule has 0 spiro atoms. The predicted octanol–water partition coefficient (Wildman–Crippen LogP) is 0.916. The van der Waals surface area contributed by atoms with E-state index in [2.05, 4.69) is 34.1 Å². The van der Waals surface area contributed by atoms with Crippen LogP contribution in [0.4, 0.5) is 11.6 Å². The Balaban J connectivity index is 2.61. The Morgan fingerprint density at radius 2 is 1.81 bits per heavy atom. The van der Waals surface area contributed by atoms with Crippen LogP contribution < -0.4 is 10.0 Å². The second-order valence-corrected chi connectivity index (χ2v) is 5.70. The fraction of sp³-hybridized carbons (Fsp3) is 0.556. The van der Waals surface area contributed by atoms with E-state index in [1.807, 2.05) is 0 Å². The molecule has 0 aliphatic rings. The van der Waals surface area contributed by atoms with Gasteiger partial charge in [0, 0.05) is 6.54 Å². The summed E-state index contributed by atoms with van der Waals surface area (Å²) in [5, 5.41) is 10.7. The first kappa shape index (κ1) is 12.7. The van der Waals surface area contributed by atoms with Crippen molar-refractivity contribution in [2.75, 3.05) is 22.8 Å². The normalized spacial score (nSPS) is 11.5. The van der Waals surface area contributed by atoms with E-state index in [-0.39, 0.29) is 5.82 Å². The van der Waals surface area contributed by atoms with E-state index in [9.17, 15) is 8.42 Å². The number of aromatic nitrogens is 2. The minimum Gasteiger partial charge on any atom is -0.368 e. The van der Waals surface area contributed by atoms with Crippen LogP contribution in [0.3, 0.4) is 0 Å². The Hall–Kier alpha value is -1.37. The number of rotatable bonds is 5. The van der Waals surface area contributed by atoms with Gasteiger partial charge in [0.1, 0.15) is 5.82 Å². The lowest BCUT2D eigenvalue weighted by atomic mass is 10.2. The average molecular weight is 244 g/mol. The molecule has 0 saturated heterocycles. The summed E-state index contributed by atoms with van der Waals surface area (Å²) in [6, 6.07) is 3.25. The Bertz CT molecular complexity index is 427. The van der Waals surface area contributed by atoms with E-state index in [0.717, 1.165) is 12.8 Å². The number of hydrogen-bond donors (Lipinski definition) is 2. The molecule has 0 radical (unpaired) electrons. The Morgan fingerprint density at radius 3 is 2.25 bits per heavy atom. The van der Waals surface area contributed by atoms with Crippen molar-refractivity contribution in [2.24, 2.45) is 5.92 Å². The van der Waals surface area contributed by atoms with E-state index in [1.165, 1.54) is 0 Å². The van der Waals surface area contributed by atoms with E-state index in [1.54, 1.807) is 12.1 Å². The molecular formula is C9H16N4O2S. The van der Waals surface area contributed by atoms with Gasteiger partial charge in [0.15, 0.2) is 5.82 Å². The third kappa shape index (κ3) is 4.92. The second kappa shape index (κ2) is 5.11. The number of sulfonamides is 1. The van der Waals surface area contributed by atoms with Crippen LogP contribution in [0, 0.1) is 5.92 Å². The van der Waals surface area contributed by atoms with Gasteiger partial charge in [0.2, 0.25) is 10.0 Å². The van der Waals surface area contributed by atoms with Crippen LogP contribution in [0.15, 0.2) is 12.1 Å². The minimum absolute atomic E-state index is 0.220. The van der Waals surface area contributed by atoms with Crippen LogP contribution in [0.1, 0.15) is 13.8 Å². The maximum atomic E-state index is 10.9. The molecule has 0 aliphatic carbocycles. The van der Waals surface area contributed by atoms with Gasteiger partial charge in [-0.3, -0.25) is 4.72 Å². The molecule has 0 unspecified atom stereocenters. The first-order valence-electron chi connectivity index (χ1n) is 4.92. The maximum absolute atomic E-state index is 10.9.